The fraction of sp³-hybridized carbons (Fsp3) is 0.182. The van der Waals surface area contributed by atoms with Crippen molar-refractivity contribution in [3.63, 3.8) is 0 Å². The summed E-state index contributed by atoms with van der Waals surface area (Å²) >= 11 is 3.35. The number of aromatic nitrogens is 2. The highest BCUT2D eigenvalue weighted by atomic mass is 79.9. The molecule has 0 unspecified atom stereocenters. The van der Waals surface area contributed by atoms with E-state index in [-0.39, 0.29) is 5.69 Å². The first-order chi connectivity index (χ1) is 8.58. The average Bonchev–Trinajstić information content (AvgIpc) is 2.73. The van der Waals surface area contributed by atoms with E-state index in [4.69, 9.17) is 0 Å². The van der Waals surface area contributed by atoms with Crippen LogP contribution in [-0.2, 0) is 13.6 Å². The van der Waals surface area contributed by atoms with Crippen molar-refractivity contribution in [2.24, 2.45) is 7.05 Å². The summed E-state index contributed by atoms with van der Waals surface area (Å²) < 4.78 is 2.54. The molecule has 1 heterocycles. The molecule has 94 valence electrons. The molecule has 7 heteroatoms. The lowest BCUT2D eigenvalue weighted by atomic mass is 10.2. The summed E-state index contributed by atoms with van der Waals surface area (Å²) in [5.41, 5.74) is 1.74. The van der Waals surface area contributed by atoms with Gasteiger partial charge in [-0.05, 0) is 28.1 Å². The molecule has 6 nitrogen and oxygen atoms in total. The molecule has 0 spiro atoms. The highest BCUT2D eigenvalue weighted by Gasteiger charge is 2.09. The van der Waals surface area contributed by atoms with Crippen LogP contribution in [-0.4, -0.2) is 14.7 Å². The van der Waals surface area contributed by atoms with Gasteiger partial charge in [-0.25, -0.2) is 0 Å². The number of aryl methyl sites for hydroxylation is 1. The molecule has 1 aromatic carbocycles. The van der Waals surface area contributed by atoms with Crippen LogP contribution in [0.1, 0.15) is 5.69 Å². The maximum absolute atomic E-state index is 10.7. The van der Waals surface area contributed by atoms with Crippen LogP contribution in [0.2, 0.25) is 0 Å². The minimum atomic E-state index is -0.415. The number of hydrogen-bond acceptors (Lipinski definition) is 4. The topological polar surface area (TPSA) is 73.0 Å². The fourth-order valence-electron chi connectivity index (χ4n) is 1.52. The Morgan fingerprint density at radius 3 is 2.89 bits per heavy atom. The summed E-state index contributed by atoms with van der Waals surface area (Å²) in [6, 6.07) is 6.50. The first-order valence-corrected chi connectivity index (χ1v) is 6.02. The lowest BCUT2D eigenvalue weighted by Crippen LogP contribution is -2.06. The Bertz CT molecular complexity index is 582. The molecule has 0 aliphatic heterocycles. The minimum Gasteiger partial charge on any atom is -0.378 e. The van der Waals surface area contributed by atoms with Gasteiger partial charge in [0.25, 0.3) is 5.69 Å². The van der Waals surface area contributed by atoms with Crippen molar-refractivity contribution in [3.05, 3.63) is 50.7 Å². The van der Waals surface area contributed by atoms with Gasteiger partial charge in [-0.2, -0.15) is 5.10 Å². The predicted molar refractivity (Wildman–Crippen MR) is 71.3 cm³/mol. The van der Waals surface area contributed by atoms with Crippen LogP contribution in [0.3, 0.4) is 0 Å². The number of benzene rings is 1. The molecular formula is C11H11BrN4O2. The Labute approximate surface area is 112 Å². The van der Waals surface area contributed by atoms with Crippen LogP contribution < -0.4 is 5.32 Å². The molecule has 0 radical (unpaired) electrons. The molecule has 0 bridgehead atoms. The van der Waals surface area contributed by atoms with Crippen molar-refractivity contribution >= 4 is 27.3 Å². The molecule has 0 fully saturated rings. The first-order valence-electron chi connectivity index (χ1n) is 5.22. The van der Waals surface area contributed by atoms with Gasteiger partial charge >= 0.3 is 0 Å². The van der Waals surface area contributed by atoms with Crippen molar-refractivity contribution in [1.29, 1.82) is 0 Å². The minimum absolute atomic E-state index is 0.0608. The van der Waals surface area contributed by atoms with Gasteiger partial charge in [0.2, 0.25) is 0 Å². The SMILES string of the molecule is Cn1nccc1CNc1cc([N+](=O)[O-])ccc1Br. The summed E-state index contributed by atoms with van der Waals surface area (Å²) in [4.78, 5) is 10.3. The second kappa shape index (κ2) is 5.18. The van der Waals surface area contributed by atoms with E-state index in [9.17, 15) is 10.1 Å². The molecule has 2 aromatic rings. The molecule has 2 rings (SSSR count). The molecule has 0 amide bonds. The van der Waals surface area contributed by atoms with Crippen LogP contribution in [0.5, 0.6) is 0 Å². The lowest BCUT2D eigenvalue weighted by Gasteiger charge is -2.08. The molecule has 0 aliphatic carbocycles. The van der Waals surface area contributed by atoms with Crippen molar-refractivity contribution in [1.82, 2.24) is 9.78 Å². The number of nitro groups is 1. The van der Waals surface area contributed by atoms with Gasteiger partial charge in [0, 0.05) is 29.8 Å². The summed E-state index contributed by atoms with van der Waals surface area (Å²) in [5.74, 6) is 0. The van der Waals surface area contributed by atoms with E-state index >= 15 is 0 Å². The Hall–Kier alpha value is -1.89. The smallest absolute Gasteiger partial charge is 0.271 e. The average molecular weight is 311 g/mol. The second-order valence-electron chi connectivity index (χ2n) is 3.72. The molecule has 18 heavy (non-hydrogen) atoms. The van der Waals surface area contributed by atoms with Crippen LogP contribution >= 0.6 is 15.9 Å². The fourth-order valence-corrected chi connectivity index (χ4v) is 1.91. The Balaban J connectivity index is 2.16. The Kier molecular flexibility index (Phi) is 3.61. The van der Waals surface area contributed by atoms with Crippen molar-refractivity contribution < 1.29 is 4.92 Å². The van der Waals surface area contributed by atoms with E-state index in [0.717, 1.165) is 10.2 Å². The Morgan fingerprint density at radius 1 is 1.50 bits per heavy atom. The molecule has 0 aliphatic rings. The van der Waals surface area contributed by atoms with E-state index in [1.54, 1.807) is 16.9 Å². The standard InChI is InChI=1S/C11H11BrN4O2/c1-15-9(4-5-14-15)7-13-11-6-8(16(17)18)2-3-10(11)12/h2-6,13H,7H2,1H3. The van der Waals surface area contributed by atoms with Crippen LogP contribution in [0.15, 0.2) is 34.9 Å². The molecule has 0 atom stereocenters. The summed E-state index contributed by atoms with van der Waals surface area (Å²) in [6.07, 6.45) is 1.71. The number of nitro benzene ring substituents is 1. The molecule has 0 saturated carbocycles. The summed E-state index contributed by atoms with van der Waals surface area (Å²) in [5, 5.41) is 17.9. The maximum Gasteiger partial charge on any atom is 0.271 e. The predicted octanol–water partition coefficient (Wildman–Crippen LogP) is 2.70. The highest BCUT2D eigenvalue weighted by Crippen LogP contribution is 2.27. The number of nitrogens with zero attached hydrogens (tertiary/aromatic N) is 3. The quantitative estimate of drug-likeness (QED) is 0.696. The van der Waals surface area contributed by atoms with E-state index in [1.165, 1.54) is 12.1 Å². The van der Waals surface area contributed by atoms with Gasteiger partial charge in [-0.1, -0.05) is 0 Å². The number of rotatable bonds is 4. The van der Waals surface area contributed by atoms with Crippen LogP contribution in [0.25, 0.3) is 0 Å². The van der Waals surface area contributed by atoms with Crippen LogP contribution in [0.4, 0.5) is 11.4 Å². The first kappa shape index (κ1) is 12.6. The zero-order chi connectivity index (χ0) is 13.1. The molecule has 1 aromatic heterocycles. The van der Waals surface area contributed by atoms with Gasteiger partial charge in [0.1, 0.15) is 0 Å². The van der Waals surface area contributed by atoms with Gasteiger partial charge < -0.3 is 5.32 Å². The normalized spacial score (nSPS) is 10.3. The van der Waals surface area contributed by atoms with E-state index in [2.05, 4.69) is 26.3 Å². The molecule has 1 N–H and O–H groups in total. The number of nitrogens with one attached hydrogen (secondary N) is 1. The number of anilines is 1. The number of hydrogen-bond donors (Lipinski definition) is 1. The van der Waals surface area contributed by atoms with E-state index < -0.39 is 4.92 Å². The zero-order valence-electron chi connectivity index (χ0n) is 9.63. The number of halogens is 1. The highest BCUT2D eigenvalue weighted by molar-refractivity contribution is 9.10. The monoisotopic (exact) mass is 310 g/mol. The van der Waals surface area contributed by atoms with E-state index in [1.807, 2.05) is 13.1 Å². The Morgan fingerprint density at radius 2 is 2.28 bits per heavy atom. The summed E-state index contributed by atoms with van der Waals surface area (Å²) in [7, 11) is 1.85. The lowest BCUT2D eigenvalue weighted by molar-refractivity contribution is -0.384. The van der Waals surface area contributed by atoms with Crippen molar-refractivity contribution in [3.8, 4) is 0 Å². The van der Waals surface area contributed by atoms with Gasteiger partial charge in [-0.3, -0.25) is 14.8 Å². The van der Waals surface area contributed by atoms with Gasteiger partial charge in [0.15, 0.2) is 0 Å². The maximum atomic E-state index is 10.7. The van der Waals surface area contributed by atoms with E-state index in [0.29, 0.717) is 12.2 Å². The van der Waals surface area contributed by atoms with Crippen molar-refractivity contribution in [2.75, 3.05) is 5.32 Å². The van der Waals surface area contributed by atoms with Crippen LogP contribution in [0, 0.1) is 10.1 Å². The second-order valence-corrected chi connectivity index (χ2v) is 4.58. The largest absolute Gasteiger partial charge is 0.378 e. The van der Waals surface area contributed by atoms with Gasteiger partial charge in [-0.15, -0.1) is 0 Å². The van der Waals surface area contributed by atoms with Crippen molar-refractivity contribution in [2.45, 2.75) is 6.54 Å². The zero-order valence-corrected chi connectivity index (χ0v) is 11.2. The third-order valence-corrected chi connectivity index (χ3v) is 3.23. The number of non-ortho nitro benzene ring substituents is 1. The third-order valence-electron chi connectivity index (χ3n) is 2.54. The third kappa shape index (κ3) is 2.67. The van der Waals surface area contributed by atoms with Gasteiger partial charge in [0.05, 0.1) is 22.8 Å². The molecule has 0 saturated heterocycles. The summed E-state index contributed by atoms with van der Waals surface area (Å²) in [6.45, 7) is 0.552. The molecular weight excluding hydrogens is 300 g/mol.